The SMILES string of the molecule is Cc1ccc(NC(=O)/C(C#N)=C\N2CCN(c3cccc(C)c3)CC2)cc1. The zero-order valence-corrected chi connectivity index (χ0v) is 15.8. The zero-order chi connectivity index (χ0) is 19.2. The Bertz CT molecular complexity index is 872. The zero-order valence-electron chi connectivity index (χ0n) is 15.8. The molecule has 27 heavy (non-hydrogen) atoms. The van der Waals surface area contributed by atoms with Crippen molar-refractivity contribution < 1.29 is 4.79 Å². The van der Waals surface area contributed by atoms with Gasteiger partial charge in [-0.15, -0.1) is 0 Å². The van der Waals surface area contributed by atoms with Crippen LogP contribution in [0, 0.1) is 25.2 Å². The molecule has 0 unspecified atom stereocenters. The van der Waals surface area contributed by atoms with Gasteiger partial charge in [0.05, 0.1) is 0 Å². The minimum atomic E-state index is -0.373. The number of anilines is 2. The van der Waals surface area contributed by atoms with Gasteiger partial charge < -0.3 is 15.1 Å². The highest BCUT2D eigenvalue weighted by atomic mass is 16.1. The number of nitrogens with zero attached hydrogens (tertiary/aromatic N) is 3. The lowest BCUT2D eigenvalue weighted by Crippen LogP contribution is -2.44. The maximum absolute atomic E-state index is 12.4. The Balaban J connectivity index is 1.60. The number of carbonyl (C=O) groups is 1. The van der Waals surface area contributed by atoms with Gasteiger partial charge in [-0.25, -0.2) is 0 Å². The van der Waals surface area contributed by atoms with Gasteiger partial charge in [0.2, 0.25) is 0 Å². The number of benzene rings is 2. The lowest BCUT2D eigenvalue weighted by molar-refractivity contribution is -0.112. The van der Waals surface area contributed by atoms with E-state index in [1.165, 1.54) is 11.3 Å². The number of rotatable bonds is 4. The van der Waals surface area contributed by atoms with E-state index in [1.54, 1.807) is 6.20 Å². The van der Waals surface area contributed by atoms with Crippen molar-refractivity contribution in [2.24, 2.45) is 0 Å². The van der Waals surface area contributed by atoms with Crippen molar-refractivity contribution >= 4 is 17.3 Å². The molecule has 0 saturated carbocycles. The van der Waals surface area contributed by atoms with Crippen molar-refractivity contribution in [1.29, 1.82) is 5.26 Å². The Morgan fingerprint density at radius 2 is 1.74 bits per heavy atom. The fourth-order valence-corrected chi connectivity index (χ4v) is 3.09. The van der Waals surface area contributed by atoms with E-state index in [9.17, 15) is 10.1 Å². The van der Waals surface area contributed by atoms with E-state index in [2.05, 4.69) is 41.4 Å². The molecule has 2 aromatic rings. The van der Waals surface area contributed by atoms with E-state index < -0.39 is 0 Å². The molecule has 0 bridgehead atoms. The summed E-state index contributed by atoms with van der Waals surface area (Å²) in [5.74, 6) is -0.373. The Hall–Kier alpha value is -3.26. The van der Waals surface area contributed by atoms with Gasteiger partial charge in [-0.2, -0.15) is 5.26 Å². The van der Waals surface area contributed by atoms with Gasteiger partial charge in [-0.3, -0.25) is 4.79 Å². The van der Waals surface area contributed by atoms with Crippen LogP contribution in [0.5, 0.6) is 0 Å². The van der Waals surface area contributed by atoms with Crippen LogP contribution < -0.4 is 10.2 Å². The summed E-state index contributed by atoms with van der Waals surface area (Å²) in [5, 5.41) is 12.2. The van der Waals surface area contributed by atoms with E-state index >= 15 is 0 Å². The number of aryl methyl sites for hydroxylation is 2. The summed E-state index contributed by atoms with van der Waals surface area (Å²) in [7, 11) is 0. The van der Waals surface area contributed by atoms with Crippen LogP contribution in [0.2, 0.25) is 0 Å². The molecular formula is C22H24N4O. The normalized spacial score (nSPS) is 14.6. The largest absolute Gasteiger partial charge is 0.373 e. The molecular weight excluding hydrogens is 336 g/mol. The number of amides is 1. The van der Waals surface area contributed by atoms with Crippen LogP contribution >= 0.6 is 0 Å². The van der Waals surface area contributed by atoms with E-state index in [0.717, 1.165) is 31.7 Å². The summed E-state index contributed by atoms with van der Waals surface area (Å²) in [6.45, 7) is 7.35. The highest BCUT2D eigenvalue weighted by Crippen LogP contribution is 2.18. The van der Waals surface area contributed by atoms with Crippen molar-refractivity contribution in [3.8, 4) is 6.07 Å². The van der Waals surface area contributed by atoms with Crippen LogP contribution in [-0.2, 0) is 4.79 Å². The van der Waals surface area contributed by atoms with Crippen LogP contribution in [0.4, 0.5) is 11.4 Å². The maximum Gasteiger partial charge on any atom is 0.267 e. The molecule has 5 heteroatoms. The fraction of sp³-hybridized carbons (Fsp3) is 0.273. The third-order valence-electron chi connectivity index (χ3n) is 4.67. The molecule has 0 atom stereocenters. The number of nitrogens with one attached hydrogen (secondary N) is 1. The Labute approximate surface area is 160 Å². The summed E-state index contributed by atoms with van der Waals surface area (Å²) in [4.78, 5) is 16.8. The highest BCUT2D eigenvalue weighted by molar-refractivity contribution is 6.06. The molecule has 3 rings (SSSR count). The number of hydrogen-bond acceptors (Lipinski definition) is 4. The van der Waals surface area contributed by atoms with Crippen molar-refractivity contribution in [1.82, 2.24) is 4.90 Å². The van der Waals surface area contributed by atoms with Crippen LogP contribution in [-0.4, -0.2) is 37.0 Å². The van der Waals surface area contributed by atoms with Gasteiger partial charge in [0.1, 0.15) is 11.6 Å². The minimum absolute atomic E-state index is 0.125. The summed E-state index contributed by atoms with van der Waals surface area (Å²) < 4.78 is 0. The molecule has 0 radical (unpaired) electrons. The lowest BCUT2D eigenvalue weighted by Gasteiger charge is -2.35. The lowest BCUT2D eigenvalue weighted by atomic mass is 10.2. The van der Waals surface area contributed by atoms with Gasteiger partial charge in [-0.1, -0.05) is 29.8 Å². The van der Waals surface area contributed by atoms with Gasteiger partial charge >= 0.3 is 0 Å². The van der Waals surface area contributed by atoms with Gasteiger partial charge in [0.25, 0.3) is 5.91 Å². The second kappa shape index (κ2) is 8.41. The average molecular weight is 360 g/mol. The Morgan fingerprint density at radius 1 is 1.04 bits per heavy atom. The summed E-state index contributed by atoms with van der Waals surface area (Å²) >= 11 is 0. The van der Waals surface area contributed by atoms with Gasteiger partial charge in [-0.05, 0) is 43.7 Å². The molecule has 0 aromatic heterocycles. The van der Waals surface area contributed by atoms with Crippen LogP contribution in [0.3, 0.4) is 0 Å². The quantitative estimate of drug-likeness (QED) is 0.670. The second-order valence-corrected chi connectivity index (χ2v) is 6.84. The molecule has 0 aliphatic carbocycles. The summed E-state index contributed by atoms with van der Waals surface area (Å²) in [6.07, 6.45) is 1.68. The predicted molar refractivity (Wildman–Crippen MR) is 108 cm³/mol. The molecule has 5 nitrogen and oxygen atoms in total. The van der Waals surface area contributed by atoms with E-state index in [0.29, 0.717) is 5.69 Å². The number of nitriles is 1. The number of piperazine rings is 1. The van der Waals surface area contributed by atoms with Gasteiger partial charge in [0.15, 0.2) is 0 Å². The first kappa shape index (κ1) is 18.5. The minimum Gasteiger partial charge on any atom is -0.373 e. The molecule has 1 aliphatic heterocycles. The van der Waals surface area contributed by atoms with Crippen LogP contribution in [0.15, 0.2) is 60.3 Å². The molecule has 1 N–H and O–H groups in total. The molecule has 1 amide bonds. The smallest absolute Gasteiger partial charge is 0.267 e. The molecule has 138 valence electrons. The summed E-state index contributed by atoms with van der Waals surface area (Å²) in [5.41, 5.74) is 4.40. The molecule has 1 fully saturated rings. The van der Waals surface area contributed by atoms with Crippen LogP contribution in [0.25, 0.3) is 0 Å². The first-order valence-electron chi connectivity index (χ1n) is 9.11. The van der Waals surface area contributed by atoms with E-state index in [1.807, 2.05) is 42.2 Å². The topological polar surface area (TPSA) is 59.4 Å². The van der Waals surface area contributed by atoms with E-state index in [4.69, 9.17) is 0 Å². The first-order chi connectivity index (χ1) is 13.0. The second-order valence-electron chi connectivity index (χ2n) is 6.84. The van der Waals surface area contributed by atoms with Crippen LogP contribution in [0.1, 0.15) is 11.1 Å². The molecule has 1 aliphatic rings. The maximum atomic E-state index is 12.4. The van der Waals surface area contributed by atoms with Crippen molar-refractivity contribution in [3.63, 3.8) is 0 Å². The third kappa shape index (κ3) is 4.89. The molecule has 1 heterocycles. The van der Waals surface area contributed by atoms with Crippen molar-refractivity contribution in [3.05, 3.63) is 71.4 Å². The monoisotopic (exact) mass is 360 g/mol. The highest BCUT2D eigenvalue weighted by Gasteiger charge is 2.17. The standard InChI is InChI=1S/C22H24N4O/c1-17-6-8-20(9-7-17)24-22(27)19(15-23)16-25-10-12-26(13-11-25)21-5-3-4-18(2)14-21/h3-9,14,16H,10-13H2,1-2H3,(H,24,27)/b19-16-. The predicted octanol–water partition coefficient (Wildman–Crippen LogP) is 3.47. The van der Waals surface area contributed by atoms with Crippen molar-refractivity contribution in [2.75, 3.05) is 36.4 Å². The van der Waals surface area contributed by atoms with Gasteiger partial charge in [0, 0.05) is 43.8 Å². The molecule has 0 spiro atoms. The third-order valence-corrected chi connectivity index (χ3v) is 4.67. The Morgan fingerprint density at radius 3 is 2.37 bits per heavy atom. The van der Waals surface area contributed by atoms with Crippen molar-refractivity contribution in [2.45, 2.75) is 13.8 Å². The Kier molecular flexibility index (Phi) is 5.77. The number of hydrogen-bond donors (Lipinski definition) is 1. The first-order valence-corrected chi connectivity index (χ1v) is 9.11. The fourth-order valence-electron chi connectivity index (χ4n) is 3.09. The van der Waals surface area contributed by atoms with E-state index in [-0.39, 0.29) is 11.5 Å². The molecule has 2 aromatic carbocycles. The summed E-state index contributed by atoms with van der Waals surface area (Å²) in [6, 6.07) is 18.0. The average Bonchev–Trinajstić information content (AvgIpc) is 2.68. The molecule has 1 saturated heterocycles. The number of carbonyl (C=O) groups excluding carboxylic acids is 1.